The van der Waals surface area contributed by atoms with Crippen molar-refractivity contribution in [1.29, 1.82) is 0 Å². The fraction of sp³-hybridized carbons (Fsp3) is 0.375. The summed E-state index contributed by atoms with van der Waals surface area (Å²) < 4.78 is 0. The lowest BCUT2D eigenvalue weighted by Gasteiger charge is -2.25. The smallest absolute Gasteiger partial charge is 0.265 e. The van der Waals surface area contributed by atoms with Gasteiger partial charge in [-0.05, 0) is 44.4 Å². The Hall–Kier alpha value is -2.94. The molecule has 33 heavy (non-hydrogen) atoms. The maximum Gasteiger partial charge on any atom is 0.265 e. The summed E-state index contributed by atoms with van der Waals surface area (Å²) in [5.41, 5.74) is 7.43. The number of nitrogens with zero attached hydrogens (tertiary/aromatic N) is 2. The molecule has 5 N–H and O–H groups in total. The van der Waals surface area contributed by atoms with E-state index in [1.165, 1.54) is 12.5 Å². The number of halogens is 1. The predicted octanol–water partition coefficient (Wildman–Crippen LogP) is 2.91. The average Bonchev–Trinajstić information content (AvgIpc) is 3.22. The molecule has 9 heteroatoms. The number of pyridine rings is 1. The summed E-state index contributed by atoms with van der Waals surface area (Å²) in [5.74, 6) is -0.463. The van der Waals surface area contributed by atoms with Crippen LogP contribution in [0.2, 0.25) is 5.15 Å². The number of amides is 2. The van der Waals surface area contributed by atoms with Crippen LogP contribution in [0.5, 0.6) is 0 Å². The quantitative estimate of drug-likeness (QED) is 0.354. The molecule has 0 saturated heterocycles. The van der Waals surface area contributed by atoms with Crippen LogP contribution in [0.3, 0.4) is 0 Å². The molecule has 3 aromatic rings. The SMILES string of the molecule is CCN(CC(O)C(C)O)C(=O)CCCc1ccccc1.NC(=O)c1cc2cc(Cl)ncc2[nH]1. The molecule has 0 radical (unpaired) electrons. The minimum Gasteiger partial charge on any atom is -0.391 e. The van der Waals surface area contributed by atoms with Gasteiger partial charge in [0.15, 0.2) is 0 Å². The molecular weight excluding hydrogens is 444 g/mol. The van der Waals surface area contributed by atoms with E-state index in [-0.39, 0.29) is 12.5 Å². The van der Waals surface area contributed by atoms with Gasteiger partial charge in [-0.15, -0.1) is 0 Å². The molecule has 0 saturated carbocycles. The Kier molecular flexibility index (Phi) is 10.3. The van der Waals surface area contributed by atoms with Gasteiger partial charge in [0.25, 0.3) is 5.91 Å². The molecule has 2 amide bonds. The number of carbonyl (C=O) groups is 2. The van der Waals surface area contributed by atoms with Crippen molar-refractivity contribution in [3.8, 4) is 0 Å². The van der Waals surface area contributed by atoms with Crippen molar-refractivity contribution < 1.29 is 19.8 Å². The number of aliphatic hydroxyl groups is 2. The Balaban J connectivity index is 0.000000254. The maximum atomic E-state index is 12.1. The molecule has 1 aromatic carbocycles. The number of fused-ring (bicyclic) bond motifs is 1. The second-order valence-electron chi connectivity index (χ2n) is 7.72. The highest BCUT2D eigenvalue weighted by Crippen LogP contribution is 2.17. The van der Waals surface area contributed by atoms with E-state index in [1.54, 1.807) is 23.2 Å². The number of aliphatic hydroxyl groups excluding tert-OH is 2. The first-order chi connectivity index (χ1) is 15.7. The van der Waals surface area contributed by atoms with Gasteiger partial charge in [0.2, 0.25) is 5.91 Å². The third-order valence-electron chi connectivity index (χ3n) is 5.13. The molecule has 2 unspecified atom stereocenters. The summed E-state index contributed by atoms with van der Waals surface area (Å²) in [5, 5.41) is 20.1. The van der Waals surface area contributed by atoms with Gasteiger partial charge in [-0.25, -0.2) is 4.98 Å². The van der Waals surface area contributed by atoms with Crippen molar-refractivity contribution in [1.82, 2.24) is 14.9 Å². The Morgan fingerprint density at radius 1 is 1.21 bits per heavy atom. The van der Waals surface area contributed by atoms with Crippen LogP contribution in [0.4, 0.5) is 0 Å². The molecule has 178 valence electrons. The molecule has 0 fully saturated rings. The number of aromatic nitrogens is 2. The molecule has 2 heterocycles. The highest BCUT2D eigenvalue weighted by atomic mass is 35.5. The van der Waals surface area contributed by atoms with Crippen molar-refractivity contribution in [2.45, 2.75) is 45.3 Å². The van der Waals surface area contributed by atoms with Gasteiger partial charge in [-0.2, -0.15) is 0 Å². The van der Waals surface area contributed by atoms with Crippen molar-refractivity contribution in [3.63, 3.8) is 0 Å². The molecule has 0 aliphatic heterocycles. The number of hydrogen-bond acceptors (Lipinski definition) is 5. The van der Waals surface area contributed by atoms with Crippen molar-refractivity contribution in [2.75, 3.05) is 13.1 Å². The lowest BCUT2D eigenvalue weighted by Crippen LogP contribution is -2.41. The lowest BCUT2D eigenvalue weighted by molar-refractivity contribution is -0.133. The standard InChI is InChI=1S/C16H25NO3.C8H6ClN3O/c1-3-17(12-15(19)13(2)18)16(20)11-7-10-14-8-5-4-6-9-14;9-7-2-4-1-5(8(10)13)12-6(4)3-11-7/h4-6,8-9,13,15,18-19H,3,7,10-12H2,1-2H3;1-3,12H,(H2,10,13). The Labute approximate surface area is 198 Å². The number of carbonyl (C=O) groups excluding carboxylic acids is 2. The van der Waals surface area contributed by atoms with Crippen molar-refractivity contribution in [3.05, 3.63) is 65.1 Å². The van der Waals surface area contributed by atoms with Gasteiger partial charge in [-0.1, -0.05) is 41.9 Å². The van der Waals surface area contributed by atoms with Crippen molar-refractivity contribution >= 4 is 34.3 Å². The number of H-pyrrole nitrogens is 1. The predicted molar refractivity (Wildman–Crippen MR) is 129 cm³/mol. The lowest BCUT2D eigenvalue weighted by atomic mass is 10.1. The highest BCUT2D eigenvalue weighted by molar-refractivity contribution is 6.30. The van der Waals surface area contributed by atoms with Crippen LogP contribution in [-0.2, 0) is 11.2 Å². The first-order valence-corrected chi connectivity index (χ1v) is 11.2. The van der Waals surface area contributed by atoms with E-state index in [1.807, 2.05) is 25.1 Å². The number of nitrogens with one attached hydrogen (secondary N) is 1. The number of nitrogens with two attached hydrogens (primary N) is 1. The summed E-state index contributed by atoms with van der Waals surface area (Å²) in [6.07, 6.45) is 2.00. The fourth-order valence-electron chi connectivity index (χ4n) is 3.17. The summed E-state index contributed by atoms with van der Waals surface area (Å²) in [7, 11) is 0. The first kappa shape index (κ1) is 26.3. The molecule has 0 spiro atoms. The minimum absolute atomic E-state index is 0.0307. The molecule has 0 aliphatic carbocycles. The first-order valence-electron chi connectivity index (χ1n) is 10.8. The van der Waals surface area contributed by atoms with E-state index in [0.29, 0.717) is 23.8 Å². The Morgan fingerprint density at radius 2 is 1.91 bits per heavy atom. The van der Waals surface area contributed by atoms with Gasteiger partial charge in [-0.3, -0.25) is 9.59 Å². The summed E-state index contributed by atoms with van der Waals surface area (Å²) in [6, 6.07) is 13.4. The van der Waals surface area contributed by atoms with Gasteiger partial charge < -0.3 is 25.8 Å². The van der Waals surface area contributed by atoms with E-state index in [9.17, 15) is 19.8 Å². The van der Waals surface area contributed by atoms with Gasteiger partial charge in [0.05, 0.1) is 23.9 Å². The Bertz CT molecular complexity index is 1040. The normalized spacial score (nSPS) is 12.5. The Morgan fingerprint density at radius 3 is 2.52 bits per heavy atom. The molecule has 8 nitrogen and oxygen atoms in total. The average molecular weight is 475 g/mol. The van der Waals surface area contributed by atoms with Crippen LogP contribution in [0.25, 0.3) is 10.9 Å². The topological polar surface area (TPSA) is 133 Å². The summed E-state index contributed by atoms with van der Waals surface area (Å²) in [6.45, 7) is 4.15. The molecule has 0 aliphatic rings. The third kappa shape index (κ3) is 8.49. The van der Waals surface area contributed by atoms with Crippen LogP contribution in [0, 0.1) is 0 Å². The maximum absolute atomic E-state index is 12.1. The van der Waals surface area contributed by atoms with Gasteiger partial charge >= 0.3 is 0 Å². The second-order valence-corrected chi connectivity index (χ2v) is 8.11. The monoisotopic (exact) mass is 474 g/mol. The van der Waals surface area contributed by atoms with E-state index >= 15 is 0 Å². The second kappa shape index (κ2) is 12.9. The van der Waals surface area contributed by atoms with E-state index in [2.05, 4.69) is 22.1 Å². The molecular formula is C24H31ClN4O4. The van der Waals surface area contributed by atoms with Crippen LogP contribution in [0.1, 0.15) is 42.7 Å². The number of primary amides is 1. The van der Waals surface area contributed by atoms with Crippen molar-refractivity contribution in [2.24, 2.45) is 5.73 Å². The van der Waals surface area contributed by atoms with E-state index in [4.69, 9.17) is 17.3 Å². The van der Waals surface area contributed by atoms with Gasteiger partial charge in [0.1, 0.15) is 10.8 Å². The zero-order valence-corrected chi connectivity index (χ0v) is 19.6. The summed E-state index contributed by atoms with van der Waals surface area (Å²) in [4.78, 5) is 31.1. The zero-order valence-electron chi connectivity index (χ0n) is 18.9. The number of aryl methyl sites for hydroxylation is 1. The van der Waals surface area contributed by atoms with E-state index < -0.39 is 18.1 Å². The van der Waals surface area contributed by atoms with Crippen LogP contribution in [-0.4, -0.2) is 62.2 Å². The molecule has 2 atom stereocenters. The number of likely N-dealkylation sites (N-methyl/N-ethyl adjacent to an activating group) is 1. The van der Waals surface area contributed by atoms with Crippen LogP contribution >= 0.6 is 11.6 Å². The number of hydrogen-bond donors (Lipinski definition) is 4. The van der Waals surface area contributed by atoms with E-state index in [0.717, 1.165) is 23.7 Å². The number of aromatic amines is 1. The highest BCUT2D eigenvalue weighted by Gasteiger charge is 2.18. The van der Waals surface area contributed by atoms with Crippen LogP contribution in [0.15, 0.2) is 48.7 Å². The van der Waals surface area contributed by atoms with Crippen LogP contribution < -0.4 is 5.73 Å². The molecule has 2 aromatic heterocycles. The fourth-order valence-corrected chi connectivity index (χ4v) is 3.34. The molecule has 3 rings (SSSR count). The molecule has 0 bridgehead atoms. The largest absolute Gasteiger partial charge is 0.391 e. The number of rotatable bonds is 9. The number of benzene rings is 1. The summed E-state index contributed by atoms with van der Waals surface area (Å²) >= 11 is 5.67. The van der Waals surface area contributed by atoms with Gasteiger partial charge in [0, 0.05) is 24.9 Å². The minimum atomic E-state index is -0.881. The third-order valence-corrected chi connectivity index (χ3v) is 5.34. The zero-order chi connectivity index (χ0) is 24.4.